The molecule has 2 heterocycles. The highest BCUT2D eigenvalue weighted by molar-refractivity contribution is 6.33. The number of aliphatic hydroxyl groups is 1. The first-order valence-corrected chi connectivity index (χ1v) is 7.91. The summed E-state index contributed by atoms with van der Waals surface area (Å²) in [5.41, 5.74) is -0.293. The number of nitrogens with zero attached hydrogens (tertiary/aromatic N) is 3. The number of halogens is 2. The van der Waals surface area contributed by atoms with Crippen molar-refractivity contribution >= 4 is 29.0 Å². The molecular weight excluding hydrogens is 329 g/mol. The Hall–Kier alpha value is -0.820. The second-order valence-corrected chi connectivity index (χ2v) is 6.92. The van der Waals surface area contributed by atoms with Crippen LogP contribution in [0.1, 0.15) is 20.8 Å². The lowest BCUT2D eigenvalue weighted by atomic mass is 9.90. The summed E-state index contributed by atoms with van der Waals surface area (Å²) in [6.07, 6.45) is -0.642. The number of hydrogen-bond acceptors (Lipinski definition) is 6. The van der Waals surface area contributed by atoms with Gasteiger partial charge in [-0.2, -0.15) is 4.98 Å². The minimum atomic E-state index is -0.642. The molecule has 22 heavy (non-hydrogen) atoms. The number of morpholine rings is 1. The van der Waals surface area contributed by atoms with E-state index in [1.54, 1.807) is 0 Å². The maximum Gasteiger partial charge on any atom is 0.226 e. The SMILES string of the molecule is CC(C)(C)C(O)COc1c(Cl)nc(Cl)nc1N1CCOCC1. The Kier molecular flexibility index (Phi) is 5.71. The van der Waals surface area contributed by atoms with Crippen molar-refractivity contribution in [3.63, 3.8) is 0 Å². The fourth-order valence-corrected chi connectivity index (χ4v) is 2.34. The average Bonchev–Trinajstić information content (AvgIpc) is 2.45. The van der Waals surface area contributed by atoms with E-state index in [0.29, 0.717) is 37.9 Å². The molecule has 0 aromatic carbocycles. The largest absolute Gasteiger partial charge is 0.484 e. The zero-order valence-corrected chi connectivity index (χ0v) is 14.5. The summed E-state index contributed by atoms with van der Waals surface area (Å²) in [7, 11) is 0. The van der Waals surface area contributed by atoms with Crippen molar-refractivity contribution in [3.05, 3.63) is 10.4 Å². The number of rotatable bonds is 4. The molecule has 0 bridgehead atoms. The van der Waals surface area contributed by atoms with Gasteiger partial charge in [0.1, 0.15) is 6.61 Å². The average molecular weight is 350 g/mol. The molecule has 8 heteroatoms. The Morgan fingerprint density at radius 1 is 1.27 bits per heavy atom. The van der Waals surface area contributed by atoms with Gasteiger partial charge in [0.15, 0.2) is 16.7 Å². The Morgan fingerprint density at radius 3 is 2.50 bits per heavy atom. The van der Waals surface area contributed by atoms with Crippen molar-refractivity contribution in [2.45, 2.75) is 26.9 Å². The monoisotopic (exact) mass is 349 g/mol. The molecule has 1 aromatic rings. The topological polar surface area (TPSA) is 67.7 Å². The molecular formula is C14H21Cl2N3O3. The van der Waals surface area contributed by atoms with E-state index in [4.69, 9.17) is 32.7 Å². The van der Waals surface area contributed by atoms with E-state index in [1.165, 1.54) is 0 Å². The summed E-state index contributed by atoms with van der Waals surface area (Å²) in [6.45, 7) is 8.44. The molecule has 124 valence electrons. The Morgan fingerprint density at radius 2 is 1.91 bits per heavy atom. The van der Waals surface area contributed by atoms with Gasteiger partial charge in [0, 0.05) is 13.1 Å². The van der Waals surface area contributed by atoms with Crippen molar-refractivity contribution in [1.82, 2.24) is 9.97 Å². The number of aromatic nitrogens is 2. The van der Waals surface area contributed by atoms with Gasteiger partial charge in [-0.15, -0.1) is 0 Å². The van der Waals surface area contributed by atoms with E-state index in [1.807, 2.05) is 25.7 Å². The summed E-state index contributed by atoms with van der Waals surface area (Å²) in [5.74, 6) is 0.880. The van der Waals surface area contributed by atoms with Crippen LogP contribution < -0.4 is 9.64 Å². The summed E-state index contributed by atoms with van der Waals surface area (Å²) in [5, 5.41) is 10.3. The van der Waals surface area contributed by atoms with E-state index in [-0.39, 0.29) is 22.5 Å². The standard InChI is InChI=1S/C14H21Cl2N3O3/c1-14(2,3)9(20)8-22-10-11(15)17-13(16)18-12(10)19-4-6-21-7-5-19/h9,20H,4-8H2,1-3H3. The lowest BCUT2D eigenvalue weighted by Gasteiger charge is -2.30. The summed E-state index contributed by atoms with van der Waals surface area (Å²) in [6, 6.07) is 0. The van der Waals surface area contributed by atoms with E-state index < -0.39 is 6.10 Å². The molecule has 1 atom stereocenters. The first-order chi connectivity index (χ1) is 10.3. The molecule has 1 aliphatic rings. The van der Waals surface area contributed by atoms with Crippen LogP contribution in [0.15, 0.2) is 0 Å². The molecule has 1 fully saturated rings. The van der Waals surface area contributed by atoms with Gasteiger partial charge in [0.25, 0.3) is 0 Å². The van der Waals surface area contributed by atoms with Crippen molar-refractivity contribution in [2.75, 3.05) is 37.8 Å². The first-order valence-electron chi connectivity index (χ1n) is 7.15. The molecule has 2 rings (SSSR count). The minimum Gasteiger partial charge on any atom is -0.484 e. The van der Waals surface area contributed by atoms with E-state index in [2.05, 4.69) is 9.97 Å². The number of aliphatic hydroxyl groups excluding tert-OH is 1. The van der Waals surface area contributed by atoms with Crippen LogP contribution in [0.3, 0.4) is 0 Å². The third-order valence-electron chi connectivity index (χ3n) is 3.47. The van der Waals surface area contributed by atoms with Gasteiger partial charge in [0.05, 0.1) is 19.3 Å². The van der Waals surface area contributed by atoms with Gasteiger partial charge >= 0.3 is 0 Å². The Labute approximate surface area is 140 Å². The zero-order valence-electron chi connectivity index (χ0n) is 13.0. The van der Waals surface area contributed by atoms with Gasteiger partial charge < -0.3 is 19.5 Å². The lowest BCUT2D eigenvalue weighted by Crippen LogP contribution is -2.37. The molecule has 1 aromatic heterocycles. The van der Waals surface area contributed by atoms with Crippen LogP contribution >= 0.6 is 23.2 Å². The second-order valence-electron chi connectivity index (χ2n) is 6.23. The Bertz CT molecular complexity index is 517. The van der Waals surface area contributed by atoms with E-state index >= 15 is 0 Å². The van der Waals surface area contributed by atoms with Crippen LogP contribution in [0, 0.1) is 5.41 Å². The smallest absolute Gasteiger partial charge is 0.226 e. The molecule has 1 aliphatic heterocycles. The normalized spacial score (nSPS) is 17.5. The van der Waals surface area contributed by atoms with Crippen LogP contribution in [0.5, 0.6) is 5.75 Å². The van der Waals surface area contributed by atoms with Crippen molar-refractivity contribution < 1.29 is 14.6 Å². The zero-order chi connectivity index (χ0) is 16.3. The summed E-state index contributed by atoms with van der Waals surface area (Å²) >= 11 is 12.1. The van der Waals surface area contributed by atoms with Gasteiger partial charge in [0.2, 0.25) is 5.28 Å². The van der Waals surface area contributed by atoms with Crippen LogP contribution in [-0.2, 0) is 4.74 Å². The van der Waals surface area contributed by atoms with E-state index in [9.17, 15) is 5.11 Å². The number of hydrogen-bond donors (Lipinski definition) is 1. The van der Waals surface area contributed by atoms with Gasteiger partial charge in [-0.25, -0.2) is 4.98 Å². The Balaban J connectivity index is 2.21. The molecule has 1 unspecified atom stereocenters. The summed E-state index contributed by atoms with van der Waals surface area (Å²) in [4.78, 5) is 10.1. The highest BCUT2D eigenvalue weighted by Gasteiger charge is 2.26. The van der Waals surface area contributed by atoms with Gasteiger partial charge in [-0.1, -0.05) is 32.4 Å². The summed E-state index contributed by atoms with van der Waals surface area (Å²) < 4.78 is 11.0. The van der Waals surface area contributed by atoms with Crippen LogP contribution in [0.4, 0.5) is 5.82 Å². The highest BCUT2D eigenvalue weighted by atomic mass is 35.5. The highest BCUT2D eigenvalue weighted by Crippen LogP contribution is 2.35. The van der Waals surface area contributed by atoms with Crippen molar-refractivity contribution in [2.24, 2.45) is 5.41 Å². The minimum absolute atomic E-state index is 0.0650. The predicted molar refractivity (Wildman–Crippen MR) is 86.0 cm³/mol. The second kappa shape index (κ2) is 7.17. The first kappa shape index (κ1) is 17.5. The molecule has 1 N–H and O–H groups in total. The lowest BCUT2D eigenvalue weighted by molar-refractivity contribution is 0.0217. The fraction of sp³-hybridized carbons (Fsp3) is 0.714. The van der Waals surface area contributed by atoms with E-state index in [0.717, 1.165) is 0 Å². The molecule has 0 radical (unpaired) electrons. The quantitative estimate of drug-likeness (QED) is 0.664. The predicted octanol–water partition coefficient (Wildman–Crippen LogP) is 2.41. The van der Waals surface area contributed by atoms with Crippen molar-refractivity contribution in [3.8, 4) is 5.75 Å². The van der Waals surface area contributed by atoms with Gasteiger partial charge in [-0.05, 0) is 17.0 Å². The number of anilines is 1. The van der Waals surface area contributed by atoms with Crippen molar-refractivity contribution in [1.29, 1.82) is 0 Å². The van der Waals surface area contributed by atoms with Crippen LogP contribution in [-0.4, -0.2) is 54.1 Å². The third-order valence-corrected chi connectivity index (χ3v) is 3.90. The maximum absolute atomic E-state index is 10.1. The number of ether oxygens (including phenoxy) is 2. The molecule has 0 saturated carbocycles. The molecule has 0 aliphatic carbocycles. The van der Waals surface area contributed by atoms with Crippen LogP contribution in [0.25, 0.3) is 0 Å². The fourth-order valence-electron chi connectivity index (χ4n) is 1.91. The molecule has 0 amide bonds. The maximum atomic E-state index is 10.1. The molecule has 6 nitrogen and oxygen atoms in total. The third kappa shape index (κ3) is 4.35. The van der Waals surface area contributed by atoms with Crippen LogP contribution in [0.2, 0.25) is 10.4 Å². The molecule has 1 saturated heterocycles. The van der Waals surface area contributed by atoms with Gasteiger partial charge in [-0.3, -0.25) is 0 Å². The molecule has 0 spiro atoms.